The first-order chi connectivity index (χ1) is 13.0. The average Bonchev–Trinajstić information content (AvgIpc) is 2.65. The van der Waals surface area contributed by atoms with Gasteiger partial charge >= 0.3 is 0 Å². The van der Waals surface area contributed by atoms with Gasteiger partial charge in [0.1, 0.15) is 5.75 Å². The predicted octanol–water partition coefficient (Wildman–Crippen LogP) is 3.56. The van der Waals surface area contributed by atoms with Crippen molar-refractivity contribution in [3.8, 4) is 5.75 Å². The smallest absolute Gasteiger partial charge is 0.161 e. The van der Waals surface area contributed by atoms with Crippen molar-refractivity contribution in [3.63, 3.8) is 0 Å². The molecule has 0 saturated heterocycles. The number of nitrogens with zero attached hydrogens (tertiary/aromatic N) is 1. The van der Waals surface area contributed by atoms with Crippen molar-refractivity contribution in [1.82, 2.24) is 4.90 Å². The van der Waals surface area contributed by atoms with Gasteiger partial charge in [-0.2, -0.15) is 0 Å². The van der Waals surface area contributed by atoms with Gasteiger partial charge in [-0.25, -0.2) is 0 Å². The van der Waals surface area contributed by atoms with E-state index in [4.69, 9.17) is 0 Å². The van der Waals surface area contributed by atoms with Gasteiger partial charge < -0.3 is 15.1 Å². The van der Waals surface area contributed by atoms with Gasteiger partial charge in [0.05, 0.1) is 6.61 Å². The van der Waals surface area contributed by atoms with Crippen molar-refractivity contribution in [2.24, 2.45) is 0 Å². The zero-order valence-corrected chi connectivity index (χ0v) is 16.6. The number of aliphatic hydroxyl groups is 1. The first kappa shape index (κ1) is 18.4. The van der Waals surface area contributed by atoms with Crippen LogP contribution in [0.25, 0.3) is 0 Å². The van der Waals surface area contributed by atoms with Gasteiger partial charge in [0.25, 0.3) is 0 Å². The van der Waals surface area contributed by atoms with Gasteiger partial charge in [-0.1, -0.05) is 15.9 Å². The third-order valence-corrected chi connectivity index (χ3v) is 6.20. The Morgan fingerprint density at radius 1 is 1.00 bits per heavy atom. The van der Waals surface area contributed by atoms with E-state index in [1.165, 1.54) is 0 Å². The summed E-state index contributed by atoms with van der Waals surface area (Å²) in [6.07, 6.45) is 3.94. The Labute approximate surface area is 166 Å². The molecule has 0 atom stereocenters. The van der Waals surface area contributed by atoms with E-state index in [2.05, 4.69) is 15.9 Å². The van der Waals surface area contributed by atoms with Crippen LogP contribution in [0.1, 0.15) is 50.0 Å². The highest BCUT2D eigenvalue weighted by atomic mass is 79.9. The van der Waals surface area contributed by atoms with Crippen LogP contribution in [0.15, 0.2) is 45.2 Å². The van der Waals surface area contributed by atoms with Crippen LogP contribution in [-0.2, 0) is 9.59 Å². The minimum absolute atomic E-state index is 0.0356. The van der Waals surface area contributed by atoms with Crippen LogP contribution in [0, 0.1) is 0 Å². The Hall–Kier alpha value is -1.92. The molecule has 1 aromatic carbocycles. The molecule has 27 heavy (non-hydrogen) atoms. The van der Waals surface area contributed by atoms with Crippen LogP contribution in [0.3, 0.4) is 0 Å². The number of hydrogen-bond acceptors (Lipinski definition) is 5. The molecule has 0 aromatic heterocycles. The van der Waals surface area contributed by atoms with Crippen molar-refractivity contribution in [1.29, 1.82) is 0 Å². The third kappa shape index (κ3) is 3.05. The van der Waals surface area contributed by atoms with Crippen molar-refractivity contribution in [3.05, 3.63) is 50.8 Å². The molecule has 1 heterocycles. The largest absolute Gasteiger partial charge is 0.508 e. The van der Waals surface area contributed by atoms with E-state index in [0.29, 0.717) is 36.1 Å². The number of aliphatic hydroxyl groups excluding tert-OH is 1. The zero-order chi connectivity index (χ0) is 19.1. The maximum Gasteiger partial charge on any atom is 0.161 e. The van der Waals surface area contributed by atoms with Gasteiger partial charge in [-0.3, -0.25) is 9.59 Å². The summed E-state index contributed by atoms with van der Waals surface area (Å²) in [7, 11) is 0. The Balaban J connectivity index is 1.99. The number of phenols is 1. The SMILES string of the molecule is O=C1CCCC2=C1C(c1cc(Br)ccc1O)C1=C(CCCC1=O)N2CCO. The average molecular weight is 432 g/mol. The van der Waals surface area contributed by atoms with E-state index in [-0.39, 0.29) is 23.9 Å². The molecule has 0 bridgehead atoms. The number of carbonyl (C=O) groups is 2. The molecule has 4 rings (SSSR count). The summed E-state index contributed by atoms with van der Waals surface area (Å²) < 4.78 is 0.795. The van der Waals surface area contributed by atoms with E-state index < -0.39 is 5.92 Å². The second-order valence-corrected chi connectivity index (χ2v) is 8.20. The number of benzene rings is 1. The Morgan fingerprint density at radius 2 is 1.59 bits per heavy atom. The molecule has 0 fully saturated rings. The molecule has 142 valence electrons. The molecule has 3 aliphatic rings. The fourth-order valence-electron chi connectivity index (χ4n) is 4.65. The fourth-order valence-corrected chi connectivity index (χ4v) is 5.03. The van der Waals surface area contributed by atoms with Crippen LogP contribution in [0.5, 0.6) is 5.75 Å². The van der Waals surface area contributed by atoms with Crippen molar-refractivity contribution in [2.45, 2.75) is 44.4 Å². The number of rotatable bonds is 3. The first-order valence-corrected chi connectivity index (χ1v) is 10.2. The highest BCUT2D eigenvalue weighted by molar-refractivity contribution is 9.10. The van der Waals surface area contributed by atoms with Crippen molar-refractivity contribution in [2.75, 3.05) is 13.2 Å². The number of ketones is 2. The Morgan fingerprint density at radius 3 is 2.15 bits per heavy atom. The van der Waals surface area contributed by atoms with Gasteiger partial charge in [0, 0.05) is 57.9 Å². The van der Waals surface area contributed by atoms with E-state index >= 15 is 0 Å². The Kier molecular flexibility index (Phi) is 4.95. The standard InChI is InChI=1S/C21H22BrNO4/c22-12-7-8-16(25)13(11-12)19-20-14(3-1-5-17(20)26)23(9-10-24)15-4-2-6-18(27)21(15)19/h7-8,11,19,24-25H,1-6,9-10H2. The quantitative estimate of drug-likeness (QED) is 0.764. The molecular weight excluding hydrogens is 410 g/mol. The van der Waals surface area contributed by atoms with Crippen LogP contribution in [0.4, 0.5) is 0 Å². The number of β-amino-alcohol motifs (C(OH)–C–C–N with tert-alkyl or cyclic N) is 1. The normalized spacial score (nSPS) is 20.9. The topological polar surface area (TPSA) is 77.8 Å². The van der Waals surface area contributed by atoms with E-state index in [1.807, 2.05) is 4.90 Å². The molecule has 1 aromatic rings. The molecule has 0 saturated carbocycles. The van der Waals surface area contributed by atoms with Crippen molar-refractivity contribution < 1.29 is 19.8 Å². The lowest BCUT2D eigenvalue weighted by atomic mass is 9.70. The summed E-state index contributed by atoms with van der Waals surface area (Å²) in [5.41, 5.74) is 3.67. The molecular formula is C21H22BrNO4. The second kappa shape index (κ2) is 7.24. The summed E-state index contributed by atoms with van der Waals surface area (Å²) in [6, 6.07) is 5.15. The number of phenolic OH excluding ortho intramolecular Hbond substituents is 1. The molecule has 2 aliphatic carbocycles. The van der Waals surface area contributed by atoms with E-state index in [1.54, 1.807) is 18.2 Å². The first-order valence-electron chi connectivity index (χ1n) is 9.42. The summed E-state index contributed by atoms with van der Waals surface area (Å²) in [4.78, 5) is 27.9. The number of halogens is 1. The van der Waals surface area contributed by atoms with Gasteiger partial charge in [-0.05, 0) is 43.9 Å². The molecule has 0 spiro atoms. The van der Waals surface area contributed by atoms with Crippen molar-refractivity contribution >= 4 is 27.5 Å². The highest BCUT2D eigenvalue weighted by Gasteiger charge is 2.43. The van der Waals surface area contributed by atoms with Crippen LogP contribution in [0.2, 0.25) is 0 Å². The molecule has 2 N–H and O–H groups in total. The minimum Gasteiger partial charge on any atom is -0.508 e. The maximum absolute atomic E-state index is 13.0. The Bertz CT molecular complexity index is 842. The lowest BCUT2D eigenvalue weighted by Gasteiger charge is -2.43. The van der Waals surface area contributed by atoms with Gasteiger partial charge in [0.15, 0.2) is 11.6 Å². The van der Waals surface area contributed by atoms with E-state index in [0.717, 1.165) is 41.6 Å². The second-order valence-electron chi connectivity index (χ2n) is 7.29. The van der Waals surface area contributed by atoms with E-state index in [9.17, 15) is 19.8 Å². The fraction of sp³-hybridized carbons (Fsp3) is 0.429. The predicted molar refractivity (Wildman–Crippen MR) is 104 cm³/mol. The molecule has 0 unspecified atom stereocenters. The van der Waals surface area contributed by atoms with Crippen LogP contribution >= 0.6 is 15.9 Å². The maximum atomic E-state index is 13.0. The molecule has 1 aliphatic heterocycles. The van der Waals surface area contributed by atoms with Gasteiger partial charge in [0.2, 0.25) is 0 Å². The number of Topliss-reactive ketones (excluding diaryl/α,β-unsaturated/α-hetero) is 2. The summed E-state index contributed by atoms with van der Waals surface area (Å²) in [6.45, 7) is 0.345. The third-order valence-electron chi connectivity index (χ3n) is 5.71. The summed E-state index contributed by atoms with van der Waals surface area (Å²) >= 11 is 3.45. The lowest BCUT2D eigenvalue weighted by Crippen LogP contribution is -2.40. The van der Waals surface area contributed by atoms with Crippen LogP contribution < -0.4 is 0 Å². The van der Waals surface area contributed by atoms with Gasteiger partial charge in [-0.15, -0.1) is 0 Å². The molecule has 0 radical (unpaired) electrons. The number of hydrogen-bond donors (Lipinski definition) is 2. The zero-order valence-electron chi connectivity index (χ0n) is 15.0. The summed E-state index contributed by atoms with van der Waals surface area (Å²) in [5.74, 6) is -0.362. The summed E-state index contributed by atoms with van der Waals surface area (Å²) in [5, 5.41) is 20.2. The molecule has 5 nitrogen and oxygen atoms in total. The highest BCUT2D eigenvalue weighted by Crippen LogP contribution is 2.50. The monoisotopic (exact) mass is 431 g/mol. The number of aromatic hydroxyl groups is 1. The lowest BCUT2D eigenvalue weighted by molar-refractivity contribution is -0.117. The molecule has 6 heteroatoms. The molecule has 0 amide bonds. The number of carbonyl (C=O) groups excluding carboxylic acids is 2. The number of allylic oxidation sites excluding steroid dienone is 4. The minimum atomic E-state index is -0.525. The van der Waals surface area contributed by atoms with Crippen LogP contribution in [-0.4, -0.2) is 39.8 Å².